The summed E-state index contributed by atoms with van der Waals surface area (Å²) in [7, 11) is 1.67. The number of benzene rings is 1. The van der Waals surface area contributed by atoms with Crippen LogP contribution in [0.4, 0.5) is 4.39 Å². The first-order valence-electron chi connectivity index (χ1n) is 8.19. The molecule has 3 heterocycles. The summed E-state index contributed by atoms with van der Waals surface area (Å²) in [5, 5.41) is 5.18. The summed E-state index contributed by atoms with van der Waals surface area (Å²) in [6, 6.07) is 4.11. The molecule has 5 nitrogen and oxygen atoms in total. The molecule has 3 aromatic rings. The van der Waals surface area contributed by atoms with Crippen LogP contribution in [-0.2, 0) is 11.3 Å². The number of thiophene rings is 1. The maximum Gasteiger partial charge on any atom is 0.256 e. The summed E-state index contributed by atoms with van der Waals surface area (Å²) < 4.78 is 19.5. The van der Waals surface area contributed by atoms with Crippen molar-refractivity contribution in [2.75, 3.05) is 13.7 Å². The van der Waals surface area contributed by atoms with Gasteiger partial charge in [-0.3, -0.25) is 9.59 Å². The van der Waals surface area contributed by atoms with Crippen LogP contribution in [0.2, 0.25) is 0 Å². The summed E-state index contributed by atoms with van der Waals surface area (Å²) in [5.74, 6) is -0.700. The number of H-pyrrole nitrogens is 1. The van der Waals surface area contributed by atoms with E-state index >= 15 is 0 Å². The number of halogens is 1. The zero-order valence-corrected chi connectivity index (χ0v) is 15.2. The molecule has 1 atom stereocenters. The molecule has 0 aliphatic carbocycles. The molecule has 0 bridgehead atoms. The number of fused-ring (bicyclic) bond motifs is 3. The number of carbonyl (C=O) groups excluding carboxylic acids is 1. The average Bonchev–Trinajstić information content (AvgIpc) is 3.13. The fraction of sp³-hybridized carbons (Fsp3) is 0.263. The summed E-state index contributed by atoms with van der Waals surface area (Å²) in [5.41, 5.74) is 2.21. The summed E-state index contributed by atoms with van der Waals surface area (Å²) in [4.78, 5) is 29.5. The van der Waals surface area contributed by atoms with Gasteiger partial charge in [-0.15, -0.1) is 0 Å². The van der Waals surface area contributed by atoms with E-state index in [-0.39, 0.29) is 23.1 Å². The Morgan fingerprint density at radius 3 is 2.88 bits per heavy atom. The number of hydrogen-bond donors (Lipinski definition) is 1. The van der Waals surface area contributed by atoms with E-state index in [1.54, 1.807) is 36.4 Å². The average molecular weight is 372 g/mol. The molecule has 0 saturated heterocycles. The Morgan fingerprint density at radius 2 is 2.12 bits per heavy atom. The van der Waals surface area contributed by atoms with Gasteiger partial charge in [0.15, 0.2) is 0 Å². The standard InChI is InChI=1S/C19H17FN2O3S/c1-10-3-4-11(5-14(10)20)19(24)22(2)16-7-25-6-15-17(16)12-8-26-9-13(12)18(23)21-15/h3-5,8-9,16H,6-7H2,1-2H3,(H,21,23). The second kappa shape index (κ2) is 6.34. The molecular weight excluding hydrogens is 355 g/mol. The number of carbonyl (C=O) groups is 1. The third-order valence-electron chi connectivity index (χ3n) is 4.85. The topological polar surface area (TPSA) is 62.4 Å². The Balaban J connectivity index is 1.77. The van der Waals surface area contributed by atoms with Crippen LogP contribution in [0.25, 0.3) is 10.8 Å². The van der Waals surface area contributed by atoms with Crippen molar-refractivity contribution in [3.8, 4) is 0 Å². The molecule has 1 N–H and O–H groups in total. The molecular formula is C19H17FN2O3S. The van der Waals surface area contributed by atoms with E-state index in [0.717, 1.165) is 10.9 Å². The third-order valence-corrected chi connectivity index (χ3v) is 5.59. The zero-order valence-electron chi connectivity index (χ0n) is 14.3. The minimum atomic E-state index is -0.408. The molecule has 0 fully saturated rings. The van der Waals surface area contributed by atoms with Crippen LogP contribution >= 0.6 is 11.3 Å². The van der Waals surface area contributed by atoms with Crippen LogP contribution in [0.5, 0.6) is 0 Å². The Kier molecular flexibility index (Phi) is 4.13. The molecule has 1 amide bonds. The van der Waals surface area contributed by atoms with Crippen LogP contribution in [0.15, 0.2) is 33.8 Å². The minimum Gasteiger partial charge on any atom is -0.373 e. The van der Waals surface area contributed by atoms with Crippen LogP contribution in [0.1, 0.15) is 33.2 Å². The first-order chi connectivity index (χ1) is 12.5. The van der Waals surface area contributed by atoms with Crippen molar-refractivity contribution in [3.63, 3.8) is 0 Å². The van der Waals surface area contributed by atoms with E-state index in [2.05, 4.69) is 4.98 Å². The van der Waals surface area contributed by atoms with Crippen LogP contribution in [-0.4, -0.2) is 29.4 Å². The highest BCUT2D eigenvalue weighted by atomic mass is 32.1. The van der Waals surface area contributed by atoms with Gasteiger partial charge in [-0.2, -0.15) is 11.3 Å². The number of likely N-dealkylation sites (N-methyl/N-ethyl adjacent to an activating group) is 1. The summed E-state index contributed by atoms with van der Waals surface area (Å²) >= 11 is 1.45. The van der Waals surface area contributed by atoms with Gasteiger partial charge in [0.1, 0.15) is 5.82 Å². The molecule has 0 radical (unpaired) electrons. The smallest absolute Gasteiger partial charge is 0.256 e. The fourth-order valence-corrected chi connectivity index (χ4v) is 4.17. The fourth-order valence-electron chi connectivity index (χ4n) is 3.34. The molecule has 1 unspecified atom stereocenters. The molecule has 1 aliphatic heterocycles. The maximum absolute atomic E-state index is 13.9. The normalized spacial score (nSPS) is 16.5. The molecule has 4 rings (SSSR count). The van der Waals surface area contributed by atoms with E-state index < -0.39 is 5.82 Å². The molecule has 1 aliphatic rings. The van der Waals surface area contributed by atoms with Crippen molar-refractivity contribution < 1.29 is 13.9 Å². The molecule has 7 heteroatoms. The van der Waals surface area contributed by atoms with E-state index in [4.69, 9.17) is 4.74 Å². The maximum atomic E-state index is 13.9. The Morgan fingerprint density at radius 1 is 1.35 bits per heavy atom. The zero-order chi connectivity index (χ0) is 18.4. The highest BCUT2D eigenvalue weighted by molar-refractivity contribution is 7.09. The van der Waals surface area contributed by atoms with Gasteiger partial charge in [0.05, 0.1) is 24.6 Å². The first kappa shape index (κ1) is 16.9. The number of ether oxygens (including phenoxy) is 1. The van der Waals surface area contributed by atoms with E-state index in [9.17, 15) is 14.0 Å². The lowest BCUT2D eigenvalue weighted by Crippen LogP contribution is -2.37. The molecule has 0 saturated carbocycles. The van der Waals surface area contributed by atoms with E-state index in [1.165, 1.54) is 17.4 Å². The van der Waals surface area contributed by atoms with Crippen molar-refractivity contribution in [2.45, 2.75) is 19.6 Å². The van der Waals surface area contributed by atoms with E-state index in [1.807, 2.05) is 5.38 Å². The van der Waals surface area contributed by atoms with Crippen molar-refractivity contribution >= 4 is 28.0 Å². The van der Waals surface area contributed by atoms with Gasteiger partial charge >= 0.3 is 0 Å². The lowest BCUT2D eigenvalue weighted by molar-refractivity contribution is 0.0335. The number of hydrogen-bond acceptors (Lipinski definition) is 4. The highest BCUT2D eigenvalue weighted by Gasteiger charge is 2.31. The Labute approximate surface area is 153 Å². The second-order valence-electron chi connectivity index (χ2n) is 6.46. The molecule has 1 aromatic carbocycles. The van der Waals surface area contributed by atoms with Crippen molar-refractivity contribution in [2.24, 2.45) is 0 Å². The molecule has 0 spiro atoms. The van der Waals surface area contributed by atoms with Crippen LogP contribution < -0.4 is 5.56 Å². The quantitative estimate of drug-likeness (QED) is 0.750. The minimum absolute atomic E-state index is 0.154. The van der Waals surface area contributed by atoms with Crippen LogP contribution in [0, 0.1) is 12.7 Å². The molecule has 134 valence electrons. The summed E-state index contributed by atoms with van der Waals surface area (Å²) in [6.45, 7) is 2.27. The number of nitrogens with zero attached hydrogens (tertiary/aromatic N) is 1. The van der Waals surface area contributed by atoms with Gasteiger partial charge in [0.25, 0.3) is 11.5 Å². The predicted molar refractivity (Wildman–Crippen MR) is 98.1 cm³/mol. The predicted octanol–water partition coefficient (Wildman–Crippen LogP) is 3.38. The van der Waals surface area contributed by atoms with Gasteiger partial charge in [-0.25, -0.2) is 4.39 Å². The number of pyridine rings is 1. The van der Waals surface area contributed by atoms with Gasteiger partial charge in [0.2, 0.25) is 0 Å². The number of aromatic amines is 1. The Bertz CT molecular complexity index is 1070. The summed E-state index contributed by atoms with van der Waals surface area (Å²) in [6.07, 6.45) is 0. The van der Waals surface area contributed by atoms with Gasteiger partial charge in [-0.1, -0.05) is 6.07 Å². The first-order valence-corrected chi connectivity index (χ1v) is 9.13. The number of amides is 1. The number of aryl methyl sites for hydroxylation is 1. The number of aromatic nitrogens is 1. The molecule has 2 aromatic heterocycles. The van der Waals surface area contributed by atoms with Crippen LogP contribution in [0.3, 0.4) is 0 Å². The van der Waals surface area contributed by atoms with E-state index in [0.29, 0.717) is 29.9 Å². The largest absolute Gasteiger partial charge is 0.373 e. The molecule has 26 heavy (non-hydrogen) atoms. The van der Waals surface area contributed by atoms with Crippen molar-refractivity contribution in [1.29, 1.82) is 0 Å². The van der Waals surface area contributed by atoms with Gasteiger partial charge < -0.3 is 14.6 Å². The SMILES string of the molecule is Cc1ccc(C(=O)N(C)C2COCc3[nH]c(=O)c4cscc4c32)cc1F. The second-order valence-corrected chi connectivity index (χ2v) is 7.20. The van der Waals surface area contributed by atoms with Crippen molar-refractivity contribution in [3.05, 3.63) is 67.5 Å². The monoisotopic (exact) mass is 372 g/mol. The Hall–Kier alpha value is -2.51. The third kappa shape index (κ3) is 2.64. The number of nitrogens with one attached hydrogen (secondary N) is 1. The highest BCUT2D eigenvalue weighted by Crippen LogP contribution is 2.34. The van der Waals surface area contributed by atoms with Crippen molar-refractivity contribution in [1.82, 2.24) is 9.88 Å². The van der Waals surface area contributed by atoms with Gasteiger partial charge in [-0.05, 0) is 30.0 Å². The van der Waals surface area contributed by atoms with Gasteiger partial charge in [0, 0.05) is 34.6 Å². The lowest BCUT2D eigenvalue weighted by atomic mass is 9.97. The lowest BCUT2D eigenvalue weighted by Gasteiger charge is -2.33. The number of rotatable bonds is 2.